The number of hydrogen-bond donors (Lipinski definition) is 1. The molecule has 0 unspecified atom stereocenters. The Morgan fingerprint density at radius 3 is 2.76 bits per heavy atom. The van der Waals surface area contributed by atoms with Crippen molar-refractivity contribution in [3.8, 4) is 10.6 Å². The van der Waals surface area contributed by atoms with E-state index in [0.29, 0.717) is 16.3 Å². The van der Waals surface area contributed by atoms with Crippen molar-refractivity contribution in [1.82, 2.24) is 4.98 Å². The van der Waals surface area contributed by atoms with E-state index in [1.165, 1.54) is 17.4 Å². The number of aliphatic carboxylic acids is 1. The first-order chi connectivity index (χ1) is 8.06. The Bertz CT molecular complexity index is 568. The summed E-state index contributed by atoms with van der Waals surface area (Å²) in [5, 5.41) is 10.6. The lowest BCUT2D eigenvalue weighted by atomic mass is 10.2. The number of hydrogen-bond acceptors (Lipinski definition) is 3. The summed E-state index contributed by atoms with van der Waals surface area (Å²) in [6.07, 6.45) is -0.180. The van der Waals surface area contributed by atoms with E-state index in [4.69, 9.17) is 5.11 Å². The molecule has 0 saturated carbocycles. The van der Waals surface area contributed by atoms with E-state index < -0.39 is 17.6 Å². The number of aromatic nitrogens is 1. The van der Waals surface area contributed by atoms with Gasteiger partial charge in [0.15, 0.2) is 11.6 Å². The van der Waals surface area contributed by atoms with Gasteiger partial charge in [-0.3, -0.25) is 4.79 Å². The van der Waals surface area contributed by atoms with Crippen LogP contribution >= 0.6 is 11.3 Å². The predicted octanol–water partition coefficient (Wildman–Crippen LogP) is 2.72. The van der Waals surface area contributed by atoms with Crippen molar-refractivity contribution >= 4 is 17.3 Å². The van der Waals surface area contributed by atoms with Crippen LogP contribution in [0.15, 0.2) is 23.6 Å². The smallest absolute Gasteiger partial charge is 0.309 e. The number of halogens is 2. The van der Waals surface area contributed by atoms with Crippen LogP contribution in [0.5, 0.6) is 0 Å². The van der Waals surface area contributed by atoms with Gasteiger partial charge in [-0.15, -0.1) is 11.3 Å². The standard InChI is InChI=1S/C11H7F2NO2S/c12-8-2-1-6(3-9(8)13)11-14-7(5-17-11)4-10(15)16/h1-3,5H,4H2,(H,15,16). The number of carboxylic acids is 1. The van der Waals surface area contributed by atoms with Crippen LogP contribution in [0.2, 0.25) is 0 Å². The summed E-state index contributed by atoms with van der Waals surface area (Å²) in [6.45, 7) is 0. The molecule has 1 aromatic carbocycles. The number of carboxylic acid groups (broad SMARTS) is 1. The molecule has 1 N–H and O–H groups in total. The van der Waals surface area contributed by atoms with Gasteiger partial charge < -0.3 is 5.11 Å². The first-order valence-corrected chi connectivity index (χ1v) is 5.56. The van der Waals surface area contributed by atoms with E-state index >= 15 is 0 Å². The lowest BCUT2D eigenvalue weighted by Gasteiger charge is -1.97. The first kappa shape index (κ1) is 11.7. The third kappa shape index (κ3) is 2.65. The van der Waals surface area contributed by atoms with Gasteiger partial charge >= 0.3 is 5.97 Å². The topological polar surface area (TPSA) is 50.2 Å². The molecule has 0 saturated heterocycles. The van der Waals surface area contributed by atoms with Gasteiger partial charge in [-0.2, -0.15) is 0 Å². The Morgan fingerprint density at radius 2 is 2.12 bits per heavy atom. The molecule has 0 spiro atoms. The largest absolute Gasteiger partial charge is 0.481 e. The fourth-order valence-electron chi connectivity index (χ4n) is 1.30. The molecular weight excluding hydrogens is 248 g/mol. The maximum absolute atomic E-state index is 13.0. The van der Waals surface area contributed by atoms with Crippen LogP contribution in [-0.4, -0.2) is 16.1 Å². The number of thiazole rings is 1. The van der Waals surface area contributed by atoms with Crippen molar-refractivity contribution in [1.29, 1.82) is 0 Å². The molecule has 1 heterocycles. The Hall–Kier alpha value is -1.82. The molecular formula is C11H7F2NO2S. The maximum Gasteiger partial charge on any atom is 0.309 e. The van der Waals surface area contributed by atoms with Crippen molar-refractivity contribution in [2.75, 3.05) is 0 Å². The summed E-state index contributed by atoms with van der Waals surface area (Å²) in [5.74, 6) is -2.85. The normalized spacial score (nSPS) is 10.5. The third-order valence-electron chi connectivity index (χ3n) is 2.05. The fourth-order valence-corrected chi connectivity index (χ4v) is 2.12. The molecule has 3 nitrogen and oxygen atoms in total. The molecule has 0 aliphatic carbocycles. The second kappa shape index (κ2) is 4.58. The van der Waals surface area contributed by atoms with Gasteiger partial charge in [-0.05, 0) is 18.2 Å². The van der Waals surface area contributed by atoms with E-state index in [-0.39, 0.29) is 6.42 Å². The average Bonchev–Trinajstić information content (AvgIpc) is 2.69. The lowest BCUT2D eigenvalue weighted by molar-refractivity contribution is -0.136. The summed E-state index contributed by atoms with van der Waals surface area (Å²) < 4.78 is 25.7. The minimum absolute atomic E-state index is 0.180. The van der Waals surface area contributed by atoms with Gasteiger partial charge in [0, 0.05) is 10.9 Å². The molecule has 1 aromatic heterocycles. The Balaban J connectivity index is 2.30. The van der Waals surface area contributed by atoms with E-state index in [1.807, 2.05) is 0 Å². The zero-order chi connectivity index (χ0) is 12.4. The van der Waals surface area contributed by atoms with Gasteiger partial charge in [0.2, 0.25) is 0 Å². The first-order valence-electron chi connectivity index (χ1n) is 4.68. The molecule has 0 atom stereocenters. The van der Waals surface area contributed by atoms with Crippen LogP contribution < -0.4 is 0 Å². The average molecular weight is 255 g/mol. The molecule has 0 radical (unpaired) electrons. The predicted molar refractivity (Wildman–Crippen MR) is 58.8 cm³/mol. The van der Waals surface area contributed by atoms with E-state index in [1.54, 1.807) is 5.38 Å². The van der Waals surface area contributed by atoms with Gasteiger partial charge in [0.05, 0.1) is 12.1 Å². The summed E-state index contributed by atoms with van der Waals surface area (Å²) in [7, 11) is 0. The molecule has 0 fully saturated rings. The molecule has 6 heteroatoms. The van der Waals surface area contributed by atoms with Crippen LogP contribution in [0, 0.1) is 11.6 Å². The van der Waals surface area contributed by atoms with Crippen LogP contribution in [0.25, 0.3) is 10.6 Å². The van der Waals surface area contributed by atoms with Crippen LogP contribution in [0.3, 0.4) is 0 Å². The Kier molecular flexibility index (Phi) is 3.14. The molecule has 17 heavy (non-hydrogen) atoms. The van der Waals surface area contributed by atoms with Gasteiger partial charge in [-0.25, -0.2) is 13.8 Å². The highest BCUT2D eigenvalue weighted by atomic mass is 32.1. The van der Waals surface area contributed by atoms with Gasteiger partial charge in [0.1, 0.15) is 5.01 Å². The molecule has 0 amide bonds. The van der Waals surface area contributed by atoms with Crippen LogP contribution in [-0.2, 0) is 11.2 Å². The van der Waals surface area contributed by atoms with Gasteiger partial charge in [-0.1, -0.05) is 0 Å². The van der Waals surface area contributed by atoms with Crippen LogP contribution in [0.1, 0.15) is 5.69 Å². The fraction of sp³-hybridized carbons (Fsp3) is 0.0909. The number of rotatable bonds is 3. The monoisotopic (exact) mass is 255 g/mol. The summed E-state index contributed by atoms with van der Waals surface area (Å²) >= 11 is 1.20. The molecule has 2 aromatic rings. The van der Waals surface area contributed by atoms with Crippen molar-refractivity contribution in [3.05, 3.63) is 40.9 Å². The molecule has 0 aliphatic heterocycles. The van der Waals surface area contributed by atoms with E-state index in [0.717, 1.165) is 12.1 Å². The number of nitrogens with zero attached hydrogens (tertiary/aromatic N) is 1. The highest BCUT2D eigenvalue weighted by Crippen LogP contribution is 2.25. The van der Waals surface area contributed by atoms with Crippen molar-refractivity contribution in [2.45, 2.75) is 6.42 Å². The molecule has 0 bridgehead atoms. The third-order valence-corrected chi connectivity index (χ3v) is 2.99. The minimum Gasteiger partial charge on any atom is -0.481 e. The maximum atomic E-state index is 13.0. The Labute approximate surface area is 99.4 Å². The molecule has 0 aliphatic rings. The van der Waals surface area contributed by atoms with Crippen molar-refractivity contribution in [2.24, 2.45) is 0 Å². The second-order valence-electron chi connectivity index (χ2n) is 3.34. The second-order valence-corrected chi connectivity index (χ2v) is 4.20. The molecule has 2 rings (SSSR count). The highest BCUT2D eigenvalue weighted by Gasteiger charge is 2.10. The quantitative estimate of drug-likeness (QED) is 0.917. The highest BCUT2D eigenvalue weighted by molar-refractivity contribution is 7.13. The van der Waals surface area contributed by atoms with E-state index in [9.17, 15) is 13.6 Å². The van der Waals surface area contributed by atoms with Gasteiger partial charge in [0.25, 0.3) is 0 Å². The number of carbonyl (C=O) groups is 1. The zero-order valence-electron chi connectivity index (χ0n) is 8.48. The van der Waals surface area contributed by atoms with E-state index in [2.05, 4.69) is 4.98 Å². The molecule has 88 valence electrons. The van der Waals surface area contributed by atoms with Crippen molar-refractivity contribution in [3.63, 3.8) is 0 Å². The van der Waals surface area contributed by atoms with Crippen molar-refractivity contribution < 1.29 is 18.7 Å². The summed E-state index contributed by atoms with van der Waals surface area (Å²) in [6, 6.07) is 3.46. The summed E-state index contributed by atoms with van der Waals surface area (Å²) in [5.41, 5.74) is 0.841. The van der Waals surface area contributed by atoms with Crippen LogP contribution in [0.4, 0.5) is 8.78 Å². The lowest BCUT2D eigenvalue weighted by Crippen LogP contribution is -1.99. The SMILES string of the molecule is O=C(O)Cc1csc(-c2ccc(F)c(F)c2)n1. The number of benzene rings is 1. The zero-order valence-corrected chi connectivity index (χ0v) is 9.30. The minimum atomic E-state index is -0.980. The Morgan fingerprint density at radius 1 is 1.35 bits per heavy atom. The summed E-state index contributed by atoms with van der Waals surface area (Å²) in [4.78, 5) is 14.5.